The fourth-order valence-electron chi connectivity index (χ4n) is 1.14. The minimum atomic E-state index is 0.486. The molecule has 1 heterocycles. The van der Waals surface area contributed by atoms with Crippen LogP contribution in [0, 0.1) is 0 Å². The monoisotopic (exact) mass is 205 g/mol. The standard InChI is InChI=1S/C9H11N5O/c10-7-2-1-6(3-8(7)11)12-4-9-13-5-15-14-9/h1-3,5,12H,4,10-11H2. The zero-order valence-corrected chi connectivity index (χ0v) is 7.97. The van der Waals surface area contributed by atoms with Gasteiger partial charge in [0.15, 0.2) is 5.82 Å². The van der Waals surface area contributed by atoms with Crippen molar-refractivity contribution in [3.05, 3.63) is 30.4 Å². The van der Waals surface area contributed by atoms with Crippen molar-refractivity contribution in [3.8, 4) is 0 Å². The Hall–Kier alpha value is -2.24. The molecule has 0 unspecified atom stereocenters. The Morgan fingerprint density at radius 3 is 2.80 bits per heavy atom. The number of anilines is 3. The molecule has 0 fully saturated rings. The van der Waals surface area contributed by atoms with Gasteiger partial charge in [-0.15, -0.1) is 0 Å². The van der Waals surface area contributed by atoms with Gasteiger partial charge in [-0.3, -0.25) is 0 Å². The Labute approximate surface area is 86.3 Å². The van der Waals surface area contributed by atoms with E-state index in [0.717, 1.165) is 5.69 Å². The summed E-state index contributed by atoms with van der Waals surface area (Å²) in [5.74, 6) is 0.588. The summed E-state index contributed by atoms with van der Waals surface area (Å²) in [4.78, 5) is 3.88. The first-order valence-corrected chi connectivity index (χ1v) is 4.40. The van der Waals surface area contributed by atoms with E-state index in [2.05, 4.69) is 20.0 Å². The quantitative estimate of drug-likeness (QED) is 0.642. The molecule has 6 heteroatoms. The molecule has 78 valence electrons. The normalized spacial score (nSPS) is 10.1. The van der Waals surface area contributed by atoms with Crippen molar-refractivity contribution in [1.82, 2.24) is 10.1 Å². The molecule has 2 aromatic rings. The van der Waals surface area contributed by atoms with E-state index >= 15 is 0 Å². The van der Waals surface area contributed by atoms with Crippen molar-refractivity contribution < 1.29 is 4.52 Å². The number of hydrogen-bond acceptors (Lipinski definition) is 6. The van der Waals surface area contributed by atoms with Gasteiger partial charge < -0.3 is 21.3 Å². The van der Waals surface area contributed by atoms with Crippen molar-refractivity contribution in [2.24, 2.45) is 0 Å². The number of aromatic nitrogens is 2. The fourth-order valence-corrected chi connectivity index (χ4v) is 1.14. The number of nitrogens with two attached hydrogens (primary N) is 2. The van der Waals surface area contributed by atoms with E-state index in [0.29, 0.717) is 23.7 Å². The van der Waals surface area contributed by atoms with E-state index in [-0.39, 0.29) is 0 Å². The Kier molecular flexibility index (Phi) is 2.40. The third-order valence-corrected chi connectivity index (χ3v) is 1.94. The van der Waals surface area contributed by atoms with Gasteiger partial charge in [-0.25, -0.2) is 0 Å². The second-order valence-electron chi connectivity index (χ2n) is 3.04. The topological polar surface area (TPSA) is 103 Å². The Bertz CT molecular complexity index is 440. The predicted molar refractivity (Wildman–Crippen MR) is 56.9 cm³/mol. The highest BCUT2D eigenvalue weighted by molar-refractivity contribution is 5.69. The lowest BCUT2D eigenvalue weighted by molar-refractivity contribution is 0.411. The van der Waals surface area contributed by atoms with Crippen LogP contribution >= 0.6 is 0 Å². The van der Waals surface area contributed by atoms with E-state index in [9.17, 15) is 0 Å². The number of nitrogen functional groups attached to an aromatic ring is 2. The second kappa shape index (κ2) is 3.87. The van der Waals surface area contributed by atoms with Crippen molar-refractivity contribution >= 4 is 17.1 Å². The fraction of sp³-hybridized carbons (Fsp3) is 0.111. The molecular formula is C9H11N5O. The molecule has 1 aromatic carbocycles. The highest BCUT2D eigenvalue weighted by atomic mass is 16.5. The van der Waals surface area contributed by atoms with E-state index in [4.69, 9.17) is 11.5 Å². The van der Waals surface area contributed by atoms with Gasteiger partial charge in [0.1, 0.15) is 0 Å². The van der Waals surface area contributed by atoms with Gasteiger partial charge >= 0.3 is 0 Å². The summed E-state index contributed by atoms with van der Waals surface area (Å²) < 4.78 is 4.60. The van der Waals surface area contributed by atoms with Crippen LogP contribution in [-0.4, -0.2) is 10.1 Å². The SMILES string of the molecule is Nc1ccc(NCc2ncon2)cc1N. The summed E-state index contributed by atoms with van der Waals surface area (Å²) in [6, 6.07) is 5.34. The molecule has 6 nitrogen and oxygen atoms in total. The van der Waals surface area contributed by atoms with E-state index in [1.54, 1.807) is 12.1 Å². The van der Waals surface area contributed by atoms with Crippen molar-refractivity contribution in [3.63, 3.8) is 0 Å². The van der Waals surface area contributed by atoms with Crippen LogP contribution in [0.5, 0.6) is 0 Å². The van der Waals surface area contributed by atoms with Gasteiger partial charge in [0.25, 0.3) is 0 Å². The second-order valence-corrected chi connectivity index (χ2v) is 3.04. The van der Waals surface area contributed by atoms with Crippen LogP contribution in [0.2, 0.25) is 0 Å². The minimum Gasteiger partial charge on any atom is -0.397 e. The number of benzene rings is 1. The smallest absolute Gasteiger partial charge is 0.213 e. The van der Waals surface area contributed by atoms with E-state index < -0.39 is 0 Å². The van der Waals surface area contributed by atoms with E-state index in [1.807, 2.05) is 6.07 Å². The molecular weight excluding hydrogens is 194 g/mol. The molecule has 0 bridgehead atoms. The van der Waals surface area contributed by atoms with Crippen LogP contribution in [-0.2, 0) is 6.54 Å². The summed E-state index contributed by atoms with van der Waals surface area (Å²) >= 11 is 0. The van der Waals surface area contributed by atoms with Gasteiger partial charge in [0, 0.05) is 5.69 Å². The maximum Gasteiger partial charge on any atom is 0.213 e. The molecule has 1 aromatic heterocycles. The van der Waals surface area contributed by atoms with Crippen LogP contribution in [0.3, 0.4) is 0 Å². The zero-order chi connectivity index (χ0) is 10.7. The highest BCUT2D eigenvalue weighted by Crippen LogP contribution is 2.19. The lowest BCUT2D eigenvalue weighted by Crippen LogP contribution is -2.02. The van der Waals surface area contributed by atoms with Crippen molar-refractivity contribution in [2.45, 2.75) is 6.54 Å². The van der Waals surface area contributed by atoms with Gasteiger partial charge in [0.05, 0.1) is 17.9 Å². The summed E-state index contributed by atoms with van der Waals surface area (Å²) in [5, 5.41) is 6.76. The zero-order valence-electron chi connectivity index (χ0n) is 7.97. The van der Waals surface area contributed by atoms with Crippen molar-refractivity contribution in [1.29, 1.82) is 0 Å². The first kappa shape index (κ1) is 9.32. The first-order chi connectivity index (χ1) is 7.25. The van der Waals surface area contributed by atoms with Crippen molar-refractivity contribution in [2.75, 3.05) is 16.8 Å². The molecule has 0 atom stereocenters. The highest BCUT2D eigenvalue weighted by Gasteiger charge is 2.00. The summed E-state index contributed by atoms with van der Waals surface area (Å²) in [6.45, 7) is 0.486. The van der Waals surface area contributed by atoms with Gasteiger partial charge in [-0.1, -0.05) is 5.16 Å². The van der Waals surface area contributed by atoms with Gasteiger partial charge in [-0.2, -0.15) is 4.98 Å². The molecule has 0 radical (unpaired) electrons. The molecule has 0 amide bonds. The maximum atomic E-state index is 5.65. The Balaban J connectivity index is 2.02. The molecule has 0 aliphatic carbocycles. The molecule has 0 aliphatic heterocycles. The summed E-state index contributed by atoms with van der Waals surface area (Å²) in [5.41, 5.74) is 13.2. The van der Waals surface area contributed by atoms with E-state index in [1.165, 1.54) is 6.39 Å². The molecule has 0 saturated carbocycles. The maximum absolute atomic E-state index is 5.65. The molecule has 0 saturated heterocycles. The van der Waals surface area contributed by atoms with Gasteiger partial charge in [-0.05, 0) is 18.2 Å². The van der Waals surface area contributed by atoms with Crippen LogP contribution in [0.15, 0.2) is 29.1 Å². The van der Waals surface area contributed by atoms with Crippen LogP contribution in [0.1, 0.15) is 5.82 Å². The number of hydrogen-bond donors (Lipinski definition) is 3. The number of nitrogens with one attached hydrogen (secondary N) is 1. The molecule has 0 aliphatic rings. The molecule has 15 heavy (non-hydrogen) atoms. The van der Waals surface area contributed by atoms with Crippen LogP contribution < -0.4 is 16.8 Å². The number of rotatable bonds is 3. The van der Waals surface area contributed by atoms with Crippen LogP contribution in [0.25, 0.3) is 0 Å². The third-order valence-electron chi connectivity index (χ3n) is 1.94. The molecule has 5 N–H and O–H groups in total. The first-order valence-electron chi connectivity index (χ1n) is 4.40. The lowest BCUT2D eigenvalue weighted by atomic mass is 10.2. The average Bonchev–Trinajstić information content (AvgIpc) is 2.73. The Morgan fingerprint density at radius 2 is 2.13 bits per heavy atom. The third kappa shape index (κ3) is 2.16. The molecule has 0 spiro atoms. The lowest BCUT2D eigenvalue weighted by Gasteiger charge is -2.05. The summed E-state index contributed by atoms with van der Waals surface area (Å²) in [7, 11) is 0. The number of nitrogens with zero attached hydrogens (tertiary/aromatic N) is 2. The largest absolute Gasteiger partial charge is 0.397 e. The van der Waals surface area contributed by atoms with Gasteiger partial charge in [0.2, 0.25) is 6.39 Å². The average molecular weight is 205 g/mol. The summed E-state index contributed by atoms with van der Waals surface area (Å²) in [6.07, 6.45) is 1.29. The molecule has 2 rings (SSSR count). The van der Waals surface area contributed by atoms with Crippen LogP contribution in [0.4, 0.5) is 17.1 Å². The minimum absolute atomic E-state index is 0.486. The Morgan fingerprint density at radius 1 is 1.27 bits per heavy atom. The predicted octanol–water partition coefficient (Wildman–Crippen LogP) is 0.846.